The average molecular weight is 248 g/mol. The van der Waals surface area contributed by atoms with Crippen LogP contribution in [0.1, 0.15) is 5.69 Å². The normalized spacial score (nSPS) is 10.2. The maximum Gasteiger partial charge on any atom is 0.153 e. The van der Waals surface area contributed by atoms with Gasteiger partial charge in [0, 0.05) is 41.8 Å². The maximum absolute atomic E-state index is 11.1. The van der Waals surface area contributed by atoms with Crippen molar-refractivity contribution in [2.45, 2.75) is 6.42 Å². The highest BCUT2D eigenvalue weighted by Gasteiger charge is 2.04. The van der Waals surface area contributed by atoms with Crippen LogP contribution in [0.5, 0.6) is 0 Å². The first kappa shape index (κ1) is 11.7. The number of rotatable bonds is 4. The first-order valence-corrected chi connectivity index (χ1v) is 5.61. The molecular formula is C12H10ClN3O. The van der Waals surface area contributed by atoms with Gasteiger partial charge in [0.1, 0.15) is 6.33 Å². The van der Waals surface area contributed by atoms with Crippen molar-refractivity contribution in [3.8, 4) is 11.1 Å². The Morgan fingerprint density at radius 1 is 1.12 bits per heavy atom. The Hall–Kier alpha value is -1.81. The monoisotopic (exact) mass is 247 g/mol. The molecule has 0 fully saturated rings. The number of aromatic nitrogens is 3. The highest BCUT2D eigenvalue weighted by molar-refractivity contribution is 6.27. The van der Waals surface area contributed by atoms with Crippen LogP contribution in [0, 0.1) is 0 Å². The third kappa shape index (κ3) is 3.07. The van der Waals surface area contributed by atoms with Crippen molar-refractivity contribution in [3.05, 3.63) is 42.7 Å². The lowest BCUT2D eigenvalue weighted by Gasteiger charge is -2.01. The van der Waals surface area contributed by atoms with E-state index in [2.05, 4.69) is 15.0 Å². The van der Waals surface area contributed by atoms with Gasteiger partial charge in [-0.2, -0.15) is 0 Å². The summed E-state index contributed by atoms with van der Waals surface area (Å²) < 4.78 is 0. The highest BCUT2D eigenvalue weighted by Crippen LogP contribution is 2.15. The minimum absolute atomic E-state index is 0.0238. The number of pyridine rings is 1. The van der Waals surface area contributed by atoms with Crippen molar-refractivity contribution in [1.29, 1.82) is 0 Å². The van der Waals surface area contributed by atoms with Crippen LogP contribution in [-0.2, 0) is 11.2 Å². The van der Waals surface area contributed by atoms with Crippen molar-refractivity contribution in [3.63, 3.8) is 0 Å². The summed E-state index contributed by atoms with van der Waals surface area (Å²) in [4.78, 5) is 23.2. The Morgan fingerprint density at radius 3 is 2.47 bits per heavy atom. The fraction of sp³-hybridized carbons (Fsp3) is 0.167. The van der Waals surface area contributed by atoms with E-state index in [4.69, 9.17) is 11.6 Å². The number of Topliss-reactive ketones (excluding diaryl/α,β-unsaturated/α-hetero) is 1. The highest BCUT2D eigenvalue weighted by atomic mass is 35.5. The second kappa shape index (κ2) is 5.50. The summed E-state index contributed by atoms with van der Waals surface area (Å²) in [6.45, 7) is 0. The molecular weight excluding hydrogens is 238 g/mol. The predicted octanol–water partition coefficient (Wildman–Crippen LogP) is 1.89. The molecule has 2 heterocycles. The van der Waals surface area contributed by atoms with Crippen molar-refractivity contribution in [2.24, 2.45) is 0 Å². The van der Waals surface area contributed by atoms with Crippen molar-refractivity contribution >= 4 is 17.4 Å². The number of carbonyl (C=O) groups is 1. The summed E-state index contributed by atoms with van der Waals surface area (Å²) in [7, 11) is 0. The Balaban J connectivity index is 2.16. The van der Waals surface area contributed by atoms with E-state index in [1.807, 2.05) is 12.1 Å². The van der Waals surface area contributed by atoms with Crippen LogP contribution in [0.3, 0.4) is 0 Å². The number of hydrogen-bond donors (Lipinski definition) is 0. The number of alkyl halides is 1. The second-order valence-corrected chi connectivity index (χ2v) is 3.78. The summed E-state index contributed by atoms with van der Waals surface area (Å²) in [5.74, 6) is -0.00868. The molecule has 5 heteroatoms. The molecule has 0 atom stereocenters. The number of halogens is 1. The smallest absolute Gasteiger partial charge is 0.153 e. The van der Waals surface area contributed by atoms with E-state index in [0.717, 1.165) is 16.8 Å². The minimum atomic E-state index is -0.0324. The molecule has 0 aliphatic rings. The topological polar surface area (TPSA) is 55.7 Å². The Kier molecular flexibility index (Phi) is 3.77. The van der Waals surface area contributed by atoms with Crippen LogP contribution in [0.2, 0.25) is 0 Å². The van der Waals surface area contributed by atoms with E-state index in [0.29, 0.717) is 0 Å². The van der Waals surface area contributed by atoms with Gasteiger partial charge in [-0.1, -0.05) is 6.07 Å². The van der Waals surface area contributed by atoms with E-state index in [9.17, 15) is 4.79 Å². The molecule has 0 aliphatic heterocycles. The second-order valence-electron chi connectivity index (χ2n) is 3.51. The maximum atomic E-state index is 11.1. The summed E-state index contributed by atoms with van der Waals surface area (Å²) in [5, 5.41) is 0. The number of hydrogen-bond acceptors (Lipinski definition) is 4. The number of nitrogens with zero attached hydrogens (tertiary/aromatic N) is 3. The molecule has 17 heavy (non-hydrogen) atoms. The third-order valence-electron chi connectivity index (χ3n) is 2.25. The molecule has 2 aromatic rings. The lowest BCUT2D eigenvalue weighted by Crippen LogP contribution is -2.05. The number of ketones is 1. The first-order valence-electron chi connectivity index (χ1n) is 5.07. The molecule has 0 spiro atoms. The van der Waals surface area contributed by atoms with Crippen LogP contribution in [0.15, 0.2) is 37.1 Å². The molecule has 0 saturated heterocycles. The molecule has 0 bridgehead atoms. The zero-order valence-electron chi connectivity index (χ0n) is 9.01. The van der Waals surface area contributed by atoms with E-state index in [1.165, 1.54) is 6.33 Å². The molecule has 0 aromatic carbocycles. The molecule has 0 aliphatic carbocycles. The largest absolute Gasteiger partial charge is 0.298 e. The first-order chi connectivity index (χ1) is 8.29. The summed E-state index contributed by atoms with van der Waals surface area (Å²) in [5.41, 5.74) is 2.54. The zero-order valence-corrected chi connectivity index (χ0v) is 9.76. The molecule has 0 N–H and O–H groups in total. The Bertz CT molecular complexity index is 499. The molecule has 4 nitrogen and oxygen atoms in total. The molecule has 2 aromatic heterocycles. The van der Waals surface area contributed by atoms with Gasteiger partial charge in [0.15, 0.2) is 5.78 Å². The molecule has 0 radical (unpaired) electrons. The van der Waals surface area contributed by atoms with Gasteiger partial charge in [0.25, 0.3) is 0 Å². The predicted molar refractivity (Wildman–Crippen MR) is 64.7 cm³/mol. The molecule has 0 unspecified atom stereocenters. The minimum Gasteiger partial charge on any atom is -0.298 e. The quantitative estimate of drug-likeness (QED) is 0.775. The van der Waals surface area contributed by atoms with E-state index in [1.54, 1.807) is 18.6 Å². The molecule has 2 rings (SSSR count). The van der Waals surface area contributed by atoms with Crippen molar-refractivity contribution in [2.75, 3.05) is 5.88 Å². The lowest BCUT2D eigenvalue weighted by atomic mass is 10.1. The van der Waals surface area contributed by atoms with Crippen molar-refractivity contribution in [1.82, 2.24) is 15.0 Å². The van der Waals surface area contributed by atoms with Gasteiger partial charge in [-0.05, 0) is 6.07 Å². The Morgan fingerprint density at radius 2 is 1.88 bits per heavy atom. The van der Waals surface area contributed by atoms with Gasteiger partial charge >= 0.3 is 0 Å². The van der Waals surface area contributed by atoms with E-state index in [-0.39, 0.29) is 18.1 Å². The van der Waals surface area contributed by atoms with Gasteiger partial charge in [-0.25, -0.2) is 9.97 Å². The average Bonchev–Trinajstić information content (AvgIpc) is 2.40. The molecule has 0 saturated carbocycles. The van der Waals surface area contributed by atoms with E-state index >= 15 is 0 Å². The van der Waals surface area contributed by atoms with Crippen LogP contribution < -0.4 is 0 Å². The van der Waals surface area contributed by atoms with Crippen LogP contribution in [-0.4, -0.2) is 26.6 Å². The summed E-state index contributed by atoms with van der Waals surface area (Å²) in [6.07, 6.45) is 6.89. The summed E-state index contributed by atoms with van der Waals surface area (Å²) in [6, 6.07) is 3.70. The third-order valence-corrected chi connectivity index (χ3v) is 2.54. The van der Waals surface area contributed by atoms with Crippen LogP contribution in [0.4, 0.5) is 0 Å². The fourth-order valence-electron chi connectivity index (χ4n) is 1.40. The van der Waals surface area contributed by atoms with Crippen LogP contribution in [0.25, 0.3) is 11.1 Å². The SMILES string of the molecule is O=C(CCl)Cc1ccc(-c2cncnc2)cn1. The Labute approximate surface area is 104 Å². The standard InChI is InChI=1S/C12H10ClN3O/c13-4-12(17)3-11-2-1-9(7-16-11)10-5-14-8-15-6-10/h1-2,5-8H,3-4H2. The molecule has 86 valence electrons. The van der Waals surface area contributed by atoms with E-state index < -0.39 is 0 Å². The van der Waals surface area contributed by atoms with Gasteiger partial charge in [0.2, 0.25) is 0 Å². The fourth-order valence-corrected chi connectivity index (χ4v) is 1.49. The van der Waals surface area contributed by atoms with Gasteiger partial charge in [-0.3, -0.25) is 9.78 Å². The summed E-state index contributed by atoms with van der Waals surface area (Å²) >= 11 is 5.44. The van der Waals surface area contributed by atoms with Crippen molar-refractivity contribution < 1.29 is 4.79 Å². The van der Waals surface area contributed by atoms with Crippen LogP contribution >= 0.6 is 11.6 Å². The van der Waals surface area contributed by atoms with Gasteiger partial charge in [-0.15, -0.1) is 11.6 Å². The van der Waals surface area contributed by atoms with Gasteiger partial charge in [0.05, 0.1) is 5.88 Å². The number of carbonyl (C=O) groups excluding carboxylic acids is 1. The lowest BCUT2D eigenvalue weighted by molar-refractivity contribution is -0.116. The van der Waals surface area contributed by atoms with Gasteiger partial charge < -0.3 is 0 Å². The molecule has 0 amide bonds. The zero-order chi connectivity index (χ0) is 12.1.